The van der Waals surface area contributed by atoms with Crippen LogP contribution in [0.4, 0.5) is 0 Å². The molecule has 1 fully saturated rings. The van der Waals surface area contributed by atoms with E-state index in [-0.39, 0.29) is 5.84 Å². The molecule has 1 aromatic heterocycles. The number of oxime groups is 1. The molecule has 0 aliphatic carbocycles. The van der Waals surface area contributed by atoms with Gasteiger partial charge in [-0.05, 0) is 24.5 Å². The lowest BCUT2D eigenvalue weighted by atomic mass is 10.1. The summed E-state index contributed by atoms with van der Waals surface area (Å²) in [5, 5.41) is 15.1. The summed E-state index contributed by atoms with van der Waals surface area (Å²) in [6.45, 7) is 2.22. The maximum absolute atomic E-state index is 8.71. The lowest BCUT2D eigenvalue weighted by molar-refractivity contribution is 0.0699. The molecule has 1 atom stereocenters. The van der Waals surface area contributed by atoms with Crippen molar-refractivity contribution in [2.75, 3.05) is 13.2 Å². The molecule has 2 heterocycles. The topological polar surface area (TPSA) is 92.8 Å². The van der Waals surface area contributed by atoms with Gasteiger partial charge < -0.3 is 21.0 Å². The Bertz CT molecular complexity index is 416. The molecule has 0 aromatic carbocycles. The standard InChI is InChI=1S/C12H18N4O2/c13-12(16-17)11-9(3-1-5-14-11)7-15-10-4-2-6-18-8-10/h1,3,5,10,15,17H,2,4,6-8H2,(H2,13,16). The Morgan fingerprint density at radius 1 is 1.67 bits per heavy atom. The highest BCUT2D eigenvalue weighted by molar-refractivity contribution is 5.96. The first-order chi connectivity index (χ1) is 8.81. The highest BCUT2D eigenvalue weighted by Crippen LogP contribution is 2.09. The number of pyridine rings is 1. The van der Waals surface area contributed by atoms with Crippen molar-refractivity contribution in [1.82, 2.24) is 10.3 Å². The van der Waals surface area contributed by atoms with Gasteiger partial charge in [0.15, 0.2) is 5.84 Å². The van der Waals surface area contributed by atoms with Crippen molar-refractivity contribution < 1.29 is 9.94 Å². The third-order valence-corrected chi connectivity index (χ3v) is 2.98. The van der Waals surface area contributed by atoms with Crippen molar-refractivity contribution in [2.24, 2.45) is 10.9 Å². The van der Waals surface area contributed by atoms with E-state index in [4.69, 9.17) is 15.7 Å². The van der Waals surface area contributed by atoms with E-state index in [2.05, 4.69) is 15.5 Å². The number of hydrogen-bond acceptors (Lipinski definition) is 5. The van der Waals surface area contributed by atoms with Gasteiger partial charge in [-0.3, -0.25) is 4.98 Å². The molecule has 2 rings (SSSR count). The van der Waals surface area contributed by atoms with Gasteiger partial charge in [0.1, 0.15) is 5.69 Å². The second kappa shape index (κ2) is 6.32. The molecule has 0 spiro atoms. The Morgan fingerprint density at radius 3 is 3.28 bits per heavy atom. The van der Waals surface area contributed by atoms with Crippen LogP contribution in [-0.2, 0) is 11.3 Å². The van der Waals surface area contributed by atoms with Gasteiger partial charge in [-0.1, -0.05) is 11.2 Å². The van der Waals surface area contributed by atoms with Gasteiger partial charge in [0, 0.05) is 25.4 Å². The van der Waals surface area contributed by atoms with Crippen LogP contribution in [-0.4, -0.2) is 35.3 Å². The van der Waals surface area contributed by atoms with E-state index < -0.39 is 0 Å². The summed E-state index contributed by atoms with van der Waals surface area (Å²) in [5.41, 5.74) is 7.02. The van der Waals surface area contributed by atoms with Crippen LogP contribution in [0.1, 0.15) is 24.1 Å². The number of nitrogens with two attached hydrogens (primary N) is 1. The molecule has 1 saturated heterocycles. The predicted molar refractivity (Wildman–Crippen MR) is 67.4 cm³/mol. The van der Waals surface area contributed by atoms with Crippen LogP contribution in [0.3, 0.4) is 0 Å². The third kappa shape index (κ3) is 3.18. The van der Waals surface area contributed by atoms with E-state index in [0.29, 0.717) is 18.3 Å². The number of hydrogen-bond donors (Lipinski definition) is 3. The minimum absolute atomic E-state index is 0.0345. The van der Waals surface area contributed by atoms with Crippen LogP contribution in [0, 0.1) is 0 Å². The summed E-state index contributed by atoms with van der Waals surface area (Å²) >= 11 is 0. The molecule has 6 heteroatoms. The van der Waals surface area contributed by atoms with E-state index in [0.717, 1.165) is 31.6 Å². The minimum atomic E-state index is 0.0345. The van der Waals surface area contributed by atoms with Gasteiger partial charge in [-0.2, -0.15) is 0 Å². The molecular weight excluding hydrogens is 232 g/mol. The Labute approximate surface area is 106 Å². The fourth-order valence-corrected chi connectivity index (χ4v) is 2.02. The molecule has 98 valence electrons. The lowest BCUT2D eigenvalue weighted by Crippen LogP contribution is -2.36. The van der Waals surface area contributed by atoms with Crippen LogP contribution in [0.25, 0.3) is 0 Å². The average molecular weight is 250 g/mol. The molecule has 18 heavy (non-hydrogen) atoms. The zero-order valence-corrected chi connectivity index (χ0v) is 10.2. The normalized spacial score (nSPS) is 20.9. The van der Waals surface area contributed by atoms with E-state index in [1.54, 1.807) is 6.20 Å². The Hall–Kier alpha value is -1.66. The summed E-state index contributed by atoms with van der Waals surface area (Å²) in [6, 6.07) is 4.11. The zero-order chi connectivity index (χ0) is 12.8. The molecule has 1 aliphatic heterocycles. The van der Waals surface area contributed by atoms with Crippen molar-refractivity contribution >= 4 is 5.84 Å². The van der Waals surface area contributed by atoms with Gasteiger partial charge in [-0.15, -0.1) is 0 Å². The summed E-state index contributed by atoms with van der Waals surface area (Å²) in [5.74, 6) is 0.0345. The smallest absolute Gasteiger partial charge is 0.189 e. The third-order valence-electron chi connectivity index (χ3n) is 2.98. The highest BCUT2D eigenvalue weighted by Gasteiger charge is 2.14. The molecule has 0 radical (unpaired) electrons. The van der Waals surface area contributed by atoms with Gasteiger partial charge in [-0.25, -0.2) is 0 Å². The lowest BCUT2D eigenvalue weighted by Gasteiger charge is -2.23. The van der Waals surface area contributed by atoms with Gasteiger partial charge in [0.05, 0.1) is 6.61 Å². The van der Waals surface area contributed by atoms with Crippen LogP contribution in [0.2, 0.25) is 0 Å². The first-order valence-electron chi connectivity index (χ1n) is 6.04. The number of amidine groups is 1. The predicted octanol–water partition coefficient (Wildman–Crippen LogP) is 0.445. The first kappa shape index (κ1) is 12.8. The fourth-order valence-electron chi connectivity index (χ4n) is 2.02. The molecule has 1 aliphatic rings. The van der Waals surface area contributed by atoms with Gasteiger partial charge >= 0.3 is 0 Å². The second-order valence-corrected chi connectivity index (χ2v) is 4.29. The van der Waals surface area contributed by atoms with Crippen molar-refractivity contribution in [3.8, 4) is 0 Å². The van der Waals surface area contributed by atoms with Crippen LogP contribution < -0.4 is 11.1 Å². The Balaban J connectivity index is 2.00. The van der Waals surface area contributed by atoms with Crippen molar-refractivity contribution in [1.29, 1.82) is 0 Å². The van der Waals surface area contributed by atoms with Crippen LogP contribution in [0.5, 0.6) is 0 Å². The maximum atomic E-state index is 8.71. The molecule has 1 aromatic rings. The minimum Gasteiger partial charge on any atom is -0.409 e. The van der Waals surface area contributed by atoms with Crippen molar-refractivity contribution in [2.45, 2.75) is 25.4 Å². The Morgan fingerprint density at radius 2 is 2.56 bits per heavy atom. The van der Waals surface area contributed by atoms with Crippen LogP contribution >= 0.6 is 0 Å². The first-order valence-corrected chi connectivity index (χ1v) is 6.04. The van der Waals surface area contributed by atoms with Crippen LogP contribution in [0.15, 0.2) is 23.5 Å². The summed E-state index contributed by atoms with van der Waals surface area (Å²) in [6.07, 6.45) is 3.82. The second-order valence-electron chi connectivity index (χ2n) is 4.29. The summed E-state index contributed by atoms with van der Waals surface area (Å²) in [7, 11) is 0. The summed E-state index contributed by atoms with van der Waals surface area (Å²) in [4.78, 5) is 4.13. The molecule has 0 saturated carbocycles. The molecular formula is C12H18N4O2. The van der Waals surface area contributed by atoms with E-state index in [1.807, 2.05) is 12.1 Å². The molecule has 0 amide bonds. The van der Waals surface area contributed by atoms with Crippen molar-refractivity contribution in [3.63, 3.8) is 0 Å². The fraction of sp³-hybridized carbons (Fsp3) is 0.500. The van der Waals surface area contributed by atoms with E-state index in [1.165, 1.54) is 0 Å². The van der Waals surface area contributed by atoms with Gasteiger partial charge in [0.2, 0.25) is 0 Å². The summed E-state index contributed by atoms with van der Waals surface area (Å²) < 4.78 is 5.40. The quantitative estimate of drug-likeness (QED) is 0.312. The molecule has 6 nitrogen and oxygen atoms in total. The largest absolute Gasteiger partial charge is 0.409 e. The number of nitrogens with one attached hydrogen (secondary N) is 1. The van der Waals surface area contributed by atoms with Gasteiger partial charge in [0.25, 0.3) is 0 Å². The monoisotopic (exact) mass is 250 g/mol. The number of ether oxygens (including phenoxy) is 1. The molecule has 4 N–H and O–H groups in total. The number of aromatic nitrogens is 1. The molecule has 1 unspecified atom stereocenters. The zero-order valence-electron chi connectivity index (χ0n) is 10.2. The number of rotatable bonds is 4. The van der Waals surface area contributed by atoms with E-state index >= 15 is 0 Å². The SMILES string of the molecule is NC(=NO)c1ncccc1CNC1CCCOC1. The van der Waals surface area contributed by atoms with Crippen molar-refractivity contribution in [3.05, 3.63) is 29.6 Å². The molecule has 0 bridgehead atoms. The maximum Gasteiger partial charge on any atom is 0.189 e. The Kier molecular flexibility index (Phi) is 4.49. The average Bonchev–Trinajstić information content (AvgIpc) is 2.45. The van der Waals surface area contributed by atoms with E-state index in [9.17, 15) is 0 Å². The number of nitrogens with zero attached hydrogens (tertiary/aromatic N) is 2. The highest BCUT2D eigenvalue weighted by atomic mass is 16.5.